The van der Waals surface area contributed by atoms with E-state index in [9.17, 15) is 30.6 Å². The number of hydrogen-bond acceptors (Lipinski definition) is 10. The molecule has 10 nitrogen and oxygen atoms in total. The van der Waals surface area contributed by atoms with Gasteiger partial charge in [0.15, 0.2) is 6.29 Å². The number of fused-ring (bicyclic) bond motifs is 3. The van der Waals surface area contributed by atoms with Crippen LogP contribution in [0, 0.1) is 11.8 Å². The summed E-state index contributed by atoms with van der Waals surface area (Å²) in [6.07, 6.45) is -6.47. The predicted octanol–water partition coefficient (Wildman–Crippen LogP) is -3.59. The van der Waals surface area contributed by atoms with Gasteiger partial charge >= 0.3 is 0 Å². The number of rotatable bonds is 4. The van der Waals surface area contributed by atoms with Gasteiger partial charge in [-0.3, -0.25) is 0 Å². The van der Waals surface area contributed by atoms with E-state index in [4.69, 9.17) is 18.9 Å². The first kappa shape index (κ1) is 17.6. The van der Waals surface area contributed by atoms with Gasteiger partial charge in [-0.05, 0) is 6.08 Å². The van der Waals surface area contributed by atoms with E-state index in [2.05, 4.69) is 0 Å². The Morgan fingerprint density at radius 1 is 0.960 bits per heavy atom. The van der Waals surface area contributed by atoms with Gasteiger partial charge in [0.1, 0.15) is 36.1 Å². The molecule has 2 saturated heterocycles. The second-order valence-corrected chi connectivity index (χ2v) is 6.91. The van der Waals surface area contributed by atoms with Crippen LogP contribution in [-0.4, -0.2) is 98.7 Å². The summed E-state index contributed by atoms with van der Waals surface area (Å²) in [5.74, 6) is -0.913. The van der Waals surface area contributed by atoms with Gasteiger partial charge in [0, 0.05) is 5.92 Å². The van der Waals surface area contributed by atoms with Crippen molar-refractivity contribution in [1.82, 2.24) is 0 Å². The molecule has 3 heterocycles. The van der Waals surface area contributed by atoms with Crippen molar-refractivity contribution in [3.8, 4) is 0 Å². The summed E-state index contributed by atoms with van der Waals surface area (Å²) < 4.78 is 21.9. The number of aliphatic hydroxyl groups excluding tert-OH is 6. The zero-order valence-corrected chi connectivity index (χ0v) is 13.2. The van der Waals surface area contributed by atoms with Gasteiger partial charge in [0.25, 0.3) is 0 Å². The lowest BCUT2D eigenvalue weighted by molar-refractivity contribution is -0.344. The average molecular weight is 362 g/mol. The first-order valence-electron chi connectivity index (χ1n) is 8.19. The van der Waals surface area contributed by atoms with Crippen LogP contribution in [-0.2, 0) is 18.9 Å². The normalized spacial score (nSPS) is 56.9. The van der Waals surface area contributed by atoms with Crippen molar-refractivity contribution in [2.45, 2.75) is 54.8 Å². The lowest BCUT2D eigenvalue weighted by atomic mass is 9.85. The second kappa shape index (κ2) is 6.12. The van der Waals surface area contributed by atoms with Gasteiger partial charge in [0.05, 0.1) is 31.5 Å². The van der Waals surface area contributed by atoms with Crippen LogP contribution in [0.1, 0.15) is 0 Å². The van der Waals surface area contributed by atoms with Crippen LogP contribution in [0.25, 0.3) is 0 Å². The molecule has 4 rings (SSSR count). The highest BCUT2D eigenvalue weighted by molar-refractivity contribution is 5.24. The van der Waals surface area contributed by atoms with Crippen molar-refractivity contribution in [3.63, 3.8) is 0 Å². The standard InChI is InChI=1S/C15H22O10/c16-3-6-9(19)10(20)11(21)14(23-6)24-13-7-5(1-2-22-13)8(18)12-15(7,4-17)25-12/h1-2,5-14,16-21H,3-4H2/t5-,6?,7+,8?,9?,10?,11?,12?,13?,14?,15-/m1/s1. The molecule has 4 aliphatic rings. The zero-order valence-electron chi connectivity index (χ0n) is 13.2. The summed E-state index contributed by atoms with van der Waals surface area (Å²) in [5, 5.41) is 59.0. The van der Waals surface area contributed by atoms with E-state index in [1.165, 1.54) is 6.26 Å². The summed E-state index contributed by atoms with van der Waals surface area (Å²) in [5.41, 5.74) is -0.992. The van der Waals surface area contributed by atoms with Crippen LogP contribution in [0.15, 0.2) is 12.3 Å². The molecular formula is C15H22O10. The molecule has 0 radical (unpaired) electrons. The van der Waals surface area contributed by atoms with Crippen molar-refractivity contribution in [2.24, 2.45) is 11.8 Å². The molecule has 3 fully saturated rings. The molecule has 0 spiro atoms. The maximum atomic E-state index is 10.3. The van der Waals surface area contributed by atoms with Crippen LogP contribution < -0.4 is 0 Å². The van der Waals surface area contributed by atoms with Crippen molar-refractivity contribution in [2.75, 3.05) is 13.2 Å². The molecule has 1 aliphatic carbocycles. The molecule has 0 aromatic heterocycles. The number of aliphatic hydroxyl groups is 6. The topological polar surface area (TPSA) is 162 Å². The largest absolute Gasteiger partial charge is 0.472 e. The molecule has 0 amide bonds. The van der Waals surface area contributed by atoms with Crippen molar-refractivity contribution < 1.29 is 49.6 Å². The SMILES string of the molecule is OCC1OC(OC2OC=C[C@H]3C(O)C4O[C@]4(CO)[C@H]23)C(O)C(O)C1O. The van der Waals surface area contributed by atoms with Crippen LogP contribution >= 0.6 is 0 Å². The van der Waals surface area contributed by atoms with E-state index in [-0.39, 0.29) is 12.5 Å². The maximum absolute atomic E-state index is 10.3. The highest BCUT2D eigenvalue weighted by Gasteiger charge is 2.75. The van der Waals surface area contributed by atoms with E-state index < -0.39 is 67.3 Å². The van der Waals surface area contributed by atoms with Gasteiger partial charge in [-0.25, -0.2) is 0 Å². The predicted molar refractivity (Wildman–Crippen MR) is 76.5 cm³/mol. The van der Waals surface area contributed by atoms with Crippen LogP contribution in [0.3, 0.4) is 0 Å². The molecule has 10 heteroatoms. The van der Waals surface area contributed by atoms with Crippen molar-refractivity contribution >= 4 is 0 Å². The smallest absolute Gasteiger partial charge is 0.208 e. The third-order valence-electron chi connectivity index (χ3n) is 5.62. The van der Waals surface area contributed by atoms with E-state index in [1.54, 1.807) is 6.08 Å². The molecule has 25 heavy (non-hydrogen) atoms. The lowest BCUT2D eigenvalue weighted by Gasteiger charge is -2.43. The highest BCUT2D eigenvalue weighted by atomic mass is 16.8. The molecule has 1 saturated carbocycles. The van der Waals surface area contributed by atoms with Gasteiger partial charge in [0.2, 0.25) is 6.29 Å². The summed E-state index contributed by atoms with van der Waals surface area (Å²) in [6.45, 7) is -0.908. The number of hydrogen-bond donors (Lipinski definition) is 6. The third kappa shape index (κ3) is 2.45. The Balaban J connectivity index is 1.53. The Morgan fingerprint density at radius 3 is 2.40 bits per heavy atom. The molecule has 142 valence electrons. The Morgan fingerprint density at radius 2 is 1.72 bits per heavy atom. The summed E-state index contributed by atoms with van der Waals surface area (Å²) in [4.78, 5) is 0. The average Bonchev–Trinajstić information content (AvgIpc) is 3.31. The second-order valence-electron chi connectivity index (χ2n) is 6.91. The highest BCUT2D eigenvalue weighted by Crippen LogP contribution is 2.59. The molecule has 3 aliphatic heterocycles. The lowest BCUT2D eigenvalue weighted by Crippen LogP contribution is -2.60. The van der Waals surface area contributed by atoms with Crippen LogP contribution in [0.4, 0.5) is 0 Å². The fraction of sp³-hybridized carbons (Fsp3) is 0.867. The van der Waals surface area contributed by atoms with E-state index in [0.29, 0.717) is 0 Å². The van der Waals surface area contributed by atoms with Gasteiger partial charge < -0.3 is 49.6 Å². The van der Waals surface area contributed by atoms with Gasteiger partial charge in [-0.1, -0.05) is 0 Å². The van der Waals surface area contributed by atoms with Gasteiger partial charge in [-0.15, -0.1) is 0 Å². The first-order chi connectivity index (χ1) is 11.9. The Bertz CT molecular complexity index is 540. The molecule has 8 unspecified atom stereocenters. The third-order valence-corrected chi connectivity index (χ3v) is 5.62. The Hall–Kier alpha value is -0.820. The Labute approximate surface area is 142 Å². The Kier molecular flexibility index (Phi) is 4.30. The quantitative estimate of drug-likeness (QED) is 0.276. The summed E-state index contributed by atoms with van der Waals surface area (Å²) in [7, 11) is 0. The zero-order chi connectivity index (χ0) is 17.9. The summed E-state index contributed by atoms with van der Waals surface area (Å²) >= 11 is 0. The van der Waals surface area contributed by atoms with Crippen molar-refractivity contribution in [3.05, 3.63) is 12.3 Å². The van der Waals surface area contributed by atoms with Crippen molar-refractivity contribution in [1.29, 1.82) is 0 Å². The molecule has 0 aromatic carbocycles. The number of ether oxygens (including phenoxy) is 4. The van der Waals surface area contributed by atoms with E-state index >= 15 is 0 Å². The molecule has 6 N–H and O–H groups in total. The monoisotopic (exact) mass is 362 g/mol. The van der Waals surface area contributed by atoms with Crippen LogP contribution in [0.2, 0.25) is 0 Å². The molecule has 11 atom stereocenters. The number of epoxide rings is 1. The molecule has 0 aromatic rings. The fourth-order valence-corrected chi connectivity index (χ4v) is 4.17. The van der Waals surface area contributed by atoms with E-state index in [0.717, 1.165) is 0 Å². The molecular weight excluding hydrogens is 340 g/mol. The minimum Gasteiger partial charge on any atom is -0.472 e. The van der Waals surface area contributed by atoms with Crippen LogP contribution in [0.5, 0.6) is 0 Å². The first-order valence-corrected chi connectivity index (χ1v) is 8.19. The fourth-order valence-electron chi connectivity index (χ4n) is 4.17. The summed E-state index contributed by atoms with van der Waals surface area (Å²) in [6, 6.07) is 0. The minimum absolute atomic E-state index is 0.332. The van der Waals surface area contributed by atoms with Gasteiger partial charge in [-0.2, -0.15) is 0 Å². The maximum Gasteiger partial charge on any atom is 0.208 e. The van der Waals surface area contributed by atoms with E-state index in [1.807, 2.05) is 0 Å². The minimum atomic E-state index is -1.57. The molecule has 0 bridgehead atoms.